The van der Waals surface area contributed by atoms with E-state index in [0.29, 0.717) is 12.8 Å². The van der Waals surface area contributed by atoms with Crippen LogP contribution in [0.25, 0.3) is 0 Å². The average molecular weight is 523 g/mol. The Bertz CT molecular complexity index is 1200. The lowest BCUT2D eigenvalue weighted by atomic mass is 10.0. The molecule has 1 aliphatic heterocycles. The highest BCUT2D eigenvalue weighted by Crippen LogP contribution is 2.36. The SMILES string of the molecule is CN1CC[C@H](Oc2ccc(N(C(=S)N(C)c3ccc(C#N)c(C(F)(F)F)c3)C(C)(C)C=O)cc2F)C1. The number of nitriles is 1. The summed E-state index contributed by atoms with van der Waals surface area (Å²) in [5.41, 5.74) is -2.63. The van der Waals surface area contributed by atoms with Crippen molar-refractivity contribution in [3.8, 4) is 11.8 Å². The van der Waals surface area contributed by atoms with Crippen LogP contribution in [0, 0.1) is 17.1 Å². The number of carbonyl (C=O) groups excluding carboxylic acids is 1. The summed E-state index contributed by atoms with van der Waals surface area (Å²) >= 11 is 5.57. The van der Waals surface area contributed by atoms with Gasteiger partial charge in [0.25, 0.3) is 0 Å². The first-order valence-corrected chi connectivity index (χ1v) is 11.5. The summed E-state index contributed by atoms with van der Waals surface area (Å²) < 4.78 is 61.3. The third kappa shape index (κ3) is 5.77. The Hall–Kier alpha value is -3.23. The molecule has 0 aliphatic carbocycles. The molecular formula is C25H26F4N4O2S. The third-order valence-electron chi connectivity index (χ3n) is 5.97. The number of anilines is 2. The number of nitrogens with zero attached hydrogens (tertiary/aromatic N) is 4. The molecule has 0 unspecified atom stereocenters. The zero-order chi connectivity index (χ0) is 26.8. The predicted octanol–water partition coefficient (Wildman–Crippen LogP) is 5.00. The van der Waals surface area contributed by atoms with E-state index < -0.39 is 28.7 Å². The number of halogens is 4. The Balaban J connectivity index is 1.96. The topological polar surface area (TPSA) is 59.8 Å². The lowest BCUT2D eigenvalue weighted by Gasteiger charge is -2.39. The van der Waals surface area contributed by atoms with Gasteiger partial charge >= 0.3 is 6.18 Å². The summed E-state index contributed by atoms with van der Waals surface area (Å²) in [4.78, 5) is 16.7. The van der Waals surface area contributed by atoms with Crippen molar-refractivity contribution < 1.29 is 27.1 Å². The molecule has 1 heterocycles. The Morgan fingerprint density at radius 2 is 1.89 bits per heavy atom. The van der Waals surface area contributed by atoms with Crippen LogP contribution in [0.5, 0.6) is 5.75 Å². The lowest BCUT2D eigenvalue weighted by Crippen LogP contribution is -2.54. The summed E-state index contributed by atoms with van der Waals surface area (Å²) in [6.07, 6.45) is -3.52. The van der Waals surface area contributed by atoms with E-state index in [-0.39, 0.29) is 28.3 Å². The van der Waals surface area contributed by atoms with Crippen LogP contribution in [-0.2, 0) is 11.0 Å². The molecular weight excluding hydrogens is 496 g/mol. The van der Waals surface area contributed by atoms with Gasteiger partial charge in [-0.15, -0.1) is 0 Å². The Morgan fingerprint density at radius 3 is 2.42 bits per heavy atom. The molecule has 1 aliphatic rings. The highest BCUT2D eigenvalue weighted by Gasteiger charge is 2.36. The molecule has 0 aromatic heterocycles. The van der Waals surface area contributed by atoms with Crippen molar-refractivity contribution in [1.29, 1.82) is 5.26 Å². The molecule has 0 spiro atoms. The summed E-state index contributed by atoms with van der Waals surface area (Å²) in [5.74, 6) is -0.596. The molecule has 1 fully saturated rings. The minimum absolute atomic E-state index is 0.0452. The summed E-state index contributed by atoms with van der Waals surface area (Å²) in [7, 11) is 3.38. The van der Waals surface area contributed by atoms with Gasteiger partial charge in [0.05, 0.1) is 22.7 Å². The first-order valence-electron chi connectivity index (χ1n) is 11.1. The van der Waals surface area contributed by atoms with Gasteiger partial charge in [-0.3, -0.25) is 0 Å². The van der Waals surface area contributed by atoms with Gasteiger partial charge in [-0.05, 0) is 69.9 Å². The second-order valence-electron chi connectivity index (χ2n) is 9.19. The molecule has 2 aromatic rings. The number of thiocarbonyl (C=S) groups is 1. The maximum Gasteiger partial charge on any atom is 0.417 e. The molecule has 0 bridgehead atoms. The minimum Gasteiger partial charge on any atom is -0.486 e. The molecule has 3 rings (SSSR count). The molecule has 0 amide bonds. The highest BCUT2D eigenvalue weighted by molar-refractivity contribution is 7.80. The maximum atomic E-state index is 15.0. The van der Waals surface area contributed by atoms with Crippen LogP contribution in [0.2, 0.25) is 0 Å². The van der Waals surface area contributed by atoms with E-state index in [4.69, 9.17) is 22.2 Å². The van der Waals surface area contributed by atoms with Crippen molar-refractivity contribution in [2.45, 2.75) is 38.1 Å². The zero-order valence-corrected chi connectivity index (χ0v) is 21.1. The number of benzene rings is 2. The molecule has 0 radical (unpaired) electrons. The van der Waals surface area contributed by atoms with E-state index in [9.17, 15) is 18.0 Å². The van der Waals surface area contributed by atoms with E-state index in [0.717, 1.165) is 25.1 Å². The van der Waals surface area contributed by atoms with Gasteiger partial charge in [0.15, 0.2) is 16.7 Å². The summed E-state index contributed by atoms with van der Waals surface area (Å²) in [5, 5.41) is 9.02. The van der Waals surface area contributed by atoms with E-state index in [1.165, 1.54) is 41.1 Å². The molecule has 0 saturated carbocycles. The van der Waals surface area contributed by atoms with Gasteiger partial charge < -0.3 is 24.2 Å². The zero-order valence-electron chi connectivity index (χ0n) is 20.3. The standard InChI is InChI=1S/C25H26F4N4O2S/c1-24(2,15-34)33(18-7-8-22(21(26)12-18)35-19-9-10-31(3)14-19)23(36)32(4)17-6-5-16(13-30)20(11-17)25(27,28)29/h5-8,11-12,15,19H,9-10,14H2,1-4H3/t19-/m0/s1. The third-order valence-corrected chi connectivity index (χ3v) is 6.43. The van der Waals surface area contributed by atoms with Crippen LogP contribution in [0.15, 0.2) is 36.4 Å². The van der Waals surface area contributed by atoms with Crippen molar-refractivity contribution in [3.63, 3.8) is 0 Å². The van der Waals surface area contributed by atoms with Crippen LogP contribution in [-0.4, -0.2) is 55.1 Å². The van der Waals surface area contributed by atoms with Crippen molar-refractivity contribution in [2.24, 2.45) is 0 Å². The van der Waals surface area contributed by atoms with Gasteiger partial charge in [-0.2, -0.15) is 18.4 Å². The van der Waals surface area contributed by atoms with E-state index in [1.807, 2.05) is 7.05 Å². The predicted molar refractivity (Wildman–Crippen MR) is 133 cm³/mol. The number of aldehydes is 1. The molecule has 2 aromatic carbocycles. The summed E-state index contributed by atoms with van der Waals surface area (Å²) in [6, 6.07) is 8.89. The number of likely N-dealkylation sites (N-methyl/N-ethyl adjacent to an activating group) is 1. The molecule has 0 N–H and O–H groups in total. The van der Waals surface area contributed by atoms with Gasteiger partial charge in [0.1, 0.15) is 12.4 Å². The van der Waals surface area contributed by atoms with Crippen LogP contribution >= 0.6 is 12.2 Å². The van der Waals surface area contributed by atoms with Gasteiger partial charge in [-0.1, -0.05) is 0 Å². The monoisotopic (exact) mass is 522 g/mol. The first kappa shape index (κ1) is 27.4. The maximum absolute atomic E-state index is 15.0. The van der Waals surface area contributed by atoms with Crippen LogP contribution in [0.4, 0.5) is 28.9 Å². The summed E-state index contributed by atoms with van der Waals surface area (Å²) in [6.45, 7) is 4.62. The Kier molecular flexibility index (Phi) is 7.91. The van der Waals surface area contributed by atoms with Gasteiger partial charge in [-0.25, -0.2) is 4.39 Å². The van der Waals surface area contributed by atoms with Gasteiger partial charge in [0, 0.05) is 37.6 Å². The molecule has 1 saturated heterocycles. The fourth-order valence-electron chi connectivity index (χ4n) is 3.97. The van der Waals surface area contributed by atoms with Crippen molar-refractivity contribution in [3.05, 3.63) is 53.3 Å². The molecule has 36 heavy (non-hydrogen) atoms. The lowest BCUT2D eigenvalue weighted by molar-refractivity contribution is -0.137. The number of likely N-dealkylation sites (tertiary alicyclic amines) is 1. The number of carbonyl (C=O) groups is 1. The number of ether oxygens (including phenoxy) is 1. The average Bonchev–Trinajstić information content (AvgIpc) is 3.23. The fraction of sp³-hybridized carbons (Fsp3) is 0.400. The molecule has 1 atom stereocenters. The number of rotatable bonds is 6. The second kappa shape index (κ2) is 10.4. The fourth-order valence-corrected chi connectivity index (χ4v) is 4.42. The van der Waals surface area contributed by atoms with Crippen molar-refractivity contribution >= 4 is 35.0 Å². The van der Waals surface area contributed by atoms with E-state index >= 15 is 4.39 Å². The normalized spacial score (nSPS) is 16.4. The quantitative estimate of drug-likeness (QED) is 0.301. The number of hydrogen-bond donors (Lipinski definition) is 0. The molecule has 6 nitrogen and oxygen atoms in total. The Morgan fingerprint density at radius 1 is 1.22 bits per heavy atom. The van der Waals surface area contributed by atoms with Crippen molar-refractivity contribution in [2.75, 3.05) is 37.0 Å². The smallest absolute Gasteiger partial charge is 0.417 e. The Labute approximate surface area is 212 Å². The van der Waals surface area contributed by atoms with Gasteiger partial charge in [0.2, 0.25) is 0 Å². The van der Waals surface area contributed by atoms with Crippen molar-refractivity contribution in [1.82, 2.24) is 4.90 Å². The van der Waals surface area contributed by atoms with Crippen LogP contribution in [0.3, 0.4) is 0 Å². The van der Waals surface area contributed by atoms with E-state index in [2.05, 4.69) is 4.90 Å². The number of alkyl halides is 3. The van der Waals surface area contributed by atoms with Crippen LogP contribution < -0.4 is 14.5 Å². The highest BCUT2D eigenvalue weighted by atomic mass is 32.1. The minimum atomic E-state index is -4.75. The molecule has 192 valence electrons. The second-order valence-corrected chi connectivity index (χ2v) is 9.56. The first-order chi connectivity index (χ1) is 16.8. The number of hydrogen-bond acceptors (Lipinski definition) is 5. The van der Waals surface area contributed by atoms with E-state index in [1.54, 1.807) is 19.9 Å². The largest absolute Gasteiger partial charge is 0.486 e. The molecule has 11 heteroatoms. The van der Waals surface area contributed by atoms with Crippen LogP contribution in [0.1, 0.15) is 31.4 Å².